The molecule has 31 heavy (non-hydrogen) atoms. The fourth-order valence-electron chi connectivity index (χ4n) is 2.49. The van der Waals surface area contributed by atoms with Gasteiger partial charge in [-0.3, -0.25) is 9.59 Å². The summed E-state index contributed by atoms with van der Waals surface area (Å²) in [7, 11) is 1.49. The van der Waals surface area contributed by atoms with Gasteiger partial charge in [0.05, 0.1) is 12.7 Å². The van der Waals surface area contributed by atoms with Crippen LogP contribution in [-0.4, -0.2) is 48.8 Å². The smallest absolute Gasteiger partial charge is 0.316 e. The van der Waals surface area contributed by atoms with E-state index in [4.69, 9.17) is 37.2 Å². The Morgan fingerprint density at radius 2 is 1.84 bits per heavy atom. The van der Waals surface area contributed by atoms with Crippen molar-refractivity contribution in [1.82, 2.24) is 20.8 Å². The Hall–Kier alpha value is -3.30. The number of nitrogens with zero attached hydrogens (tertiary/aromatic N) is 2. The van der Waals surface area contributed by atoms with Crippen molar-refractivity contribution in [3.05, 3.63) is 58.4 Å². The highest BCUT2D eigenvalue weighted by atomic mass is 35.5. The van der Waals surface area contributed by atoms with E-state index in [1.807, 2.05) is 0 Å². The van der Waals surface area contributed by atoms with Gasteiger partial charge in [-0.05, 0) is 36.4 Å². The summed E-state index contributed by atoms with van der Waals surface area (Å²) in [5.74, 6) is -0.0190. The SMILES string of the molecule is COc1ccc(Cl)cc1-c1noc(C(=O)NCCNC(=O)COc2cccc(Cl)c2)n1. The number of rotatable bonds is 9. The molecule has 0 radical (unpaired) electrons. The van der Waals surface area contributed by atoms with Crippen molar-refractivity contribution in [2.75, 3.05) is 26.8 Å². The van der Waals surface area contributed by atoms with E-state index in [2.05, 4.69) is 20.8 Å². The third kappa shape index (κ3) is 6.34. The van der Waals surface area contributed by atoms with Crippen molar-refractivity contribution in [1.29, 1.82) is 0 Å². The lowest BCUT2D eigenvalue weighted by atomic mass is 10.2. The second kappa shape index (κ2) is 10.6. The van der Waals surface area contributed by atoms with Gasteiger partial charge >= 0.3 is 11.8 Å². The van der Waals surface area contributed by atoms with E-state index in [0.29, 0.717) is 27.1 Å². The molecule has 9 nitrogen and oxygen atoms in total. The topological polar surface area (TPSA) is 116 Å². The van der Waals surface area contributed by atoms with Crippen LogP contribution in [0.15, 0.2) is 47.0 Å². The minimum absolute atomic E-state index is 0.153. The molecule has 0 spiro atoms. The van der Waals surface area contributed by atoms with Crippen LogP contribution in [0.2, 0.25) is 10.0 Å². The first-order valence-corrected chi connectivity index (χ1v) is 9.82. The number of aromatic nitrogens is 2. The highest BCUT2D eigenvalue weighted by Crippen LogP contribution is 2.30. The van der Waals surface area contributed by atoms with Gasteiger partial charge in [-0.15, -0.1) is 0 Å². The van der Waals surface area contributed by atoms with Crippen molar-refractivity contribution in [2.24, 2.45) is 0 Å². The lowest BCUT2D eigenvalue weighted by Crippen LogP contribution is -2.36. The van der Waals surface area contributed by atoms with Crippen LogP contribution in [0.25, 0.3) is 11.4 Å². The van der Waals surface area contributed by atoms with Crippen LogP contribution in [0, 0.1) is 0 Å². The maximum absolute atomic E-state index is 12.2. The molecule has 0 saturated heterocycles. The average molecular weight is 465 g/mol. The van der Waals surface area contributed by atoms with E-state index in [1.165, 1.54) is 7.11 Å². The van der Waals surface area contributed by atoms with Crippen LogP contribution >= 0.6 is 23.2 Å². The molecule has 0 fully saturated rings. The minimum atomic E-state index is -0.579. The molecule has 11 heteroatoms. The molecule has 0 unspecified atom stereocenters. The van der Waals surface area contributed by atoms with Gasteiger partial charge in [0.25, 0.3) is 5.91 Å². The van der Waals surface area contributed by atoms with Crippen molar-refractivity contribution >= 4 is 35.0 Å². The zero-order chi connectivity index (χ0) is 22.2. The van der Waals surface area contributed by atoms with E-state index >= 15 is 0 Å². The zero-order valence-corrected chi connectivity index (χ0v) is 17.9. The molecule has 3 rings (SSSR count). The van der Waals surface area contributed by atoms with Crippen LogP contribution in [0.3, 0.4) is 0 Å². The maximum atomic E-state index is 12.2. The zero-order valence-electron chi connectivity index (χ0n) is 16.4. The van der Waals surface area contributed by atoms with Gasteiger partial charge in [-0.2, -0.15) is 4.98 Å². The fraction of sp³-hybridized carbons (Fsp3) is 0.200. The molecule has 2 aromatic carbocycles. The van der Waals surface area contributed by atoms with Crippen molar-refractivity contribution in [3.63, 3.8) is 0 Å². The molecule has 0 saturated carbocycles. The van der Waals surface area contributed by atoms with Gasteiger partial charge in [0.1, 0.15) is 11.5 Å². The molecule has 0 aliphatic heterocycles. The Balaban J connectivity index is 1.44. The number of nitrogens with one attached hydrogen (secondary N) is 2. The van der Waals surface area contributed by atoms with Gasteiger partial charge in [0, 0.05) is 23.1 Å². The first-order valence-electron chi connectivity index (χ1n) is 9.07. The molecule has 162 valence electrons. The standard InChI is InChI=1S/C20H18Cl2N4O5/c1-29-16-6-5-13(22)10-15(16)18-25-20(31-26-18)19(28)24-8-7-23-17(27)11-30-14-4-2-3-12(21)9-14/h2-6,9-10H,7-8,11H2,1H3,(H,23,27)(H,24,28). The van der Waals surface area contributed by atoms with Crippen molar-refractivity contribution in [2.45, 2.75) is 0 Å². The van der Waals surface area contributed by atoms with Gasteiger partial charge in [0.2, 0.25) is 5.82 Å². The van der Waals surface area contributed by atoms with Crippen LogP contribution in [0.5, 0.6) is 11.5 Å². The van der Waals surface area contributed by atoms with Crippen LogP contribution < -0.4 is 20.1 Å². The van der Waals surface area contributed by atoms with E-state index in [0.717, 1.165) is 0 Å². The molecule has 3 aromatic rings. The summed E-state index contributed by atoms with van der Waals surface area (Å²) in [6.45, 7) is 0.162. The number of halogens is 2. The van der Waals surface area contributed by atoms with E-state index in [-0.39, 0.29) is 37.3 Å². The Morgan fingerprint density at radius 3 is 2.61 bits per heavy atom. The summed E-state index contributed by atoms with van der Waals surface area (Å²) in [4.78, 5) is 28.1. The molecule has 0 bridgehead atoms. The lowest BCUT2D eigenvalue weighted by Gasteiger charge is -2.08. The molecule has 1 aromatic heterocycles. The monoisotopic (exact) mass is 464 g/mol. The molecule has 0 aliphatic rings. The first-order chi connectivity index (χ1) is 15.0. The van der Waals surface area contributed by atoms with Crippen LogP contribution in [0.1, 0.15) is 10.7 Å². The quantitative estimate of drug-likeness (QED) is 0.467. The van der Waals surface area contributed by atoms with Gasteiger partial charge in [-0.25, -0.2) is 0 Å². The molecule has 2 N–H and O–H groups in total. The summed E-state index contributed by atoms with van der Waals surface area (Å²) >= 11 is 11.8. The highest BCUT2D eigenvalue weighted by molar-refractivity contribution is 6.31. The van der Waals surface area contributed by atoms with Gasteiger partial charge in [-0.1, -0.05) is 34.4 Å². The summed E-state index contributed by atoms with van der Waals surface area (Å²) in [6.07, 6.45) is 0. The Morgan fingerprint density at radius 1 is 1.06 bits per heavy atom. The van der Waals surface area contributed by atoms with E-state index in [1.54, 1.807) is 42.5 Å². The number of ether oxygens (including phenoxy) is 2. The Labute approximate surface area is 187 Å². The molecule has 0 aliphatic carbocycles. The summed E-state index contributed by atoms with van der Waals surface area (Å²) in [6, 6.07) is 11.6. The number of carbonyl (C=O) groups is 2. The summed E-state index contributed by atoms with van der Waals surface area (Å²) in [5, 5.41) is 9.96. The largest absolute Gasteiger partial charge is 0.496 e. The predicted octanol–water partition coefficient (Wildman–Crippen LogP) is 2.98. The molecule has 1 heterocycles. The van der Waals surface area contributed by atoms with E-state index in [9.17, 15) is 9.59 Å². The molecule has 2 amide bonds. The average Bonchev–Trinajstić information content (AvgIpc) is 3.25. The maximum Gasteiger partial charge on any atom is 0.316 e. The van der Waals surface area contributed by atoms with E-state index < -0.39 is 5.91 Å². The first kappa shape index (κ1) is 22.4. The summed E-state index contributed by atoms with van der Waals surface area (Å²) < 4.78 is 15.6. The number of benzene rings is 2. The third-order valence-electron chi connectivity index (χ3n) is 3.92. The third-order valence-corrected chi connectivity index (χ3v) is 4.39. The van der Waals surface area contributed by atoms with Crippen molar-refractivity contribution < 1.29 is 23.6 Å². The predicted molar refractivity (Wildman–Crippen MR) is 114 cm³/mol. The minimum Gasteiger partial charge on any atom is -0.496 e. The second-order valence-corrected chi connectivity index (χ2v) is 6.99. The Bertz CT molecular complexity index is 1070. The van der Waals surface area contributed by atoms with Crippen molar-refractivity contribution in [3.8, 4) is 22.9 Å². The van der Waals surface area contributed by atoms with Gasteiger partial charge in [0.15, 0.2) is 6.61 Å². The molecular formula is C20H18Cl2N4O5. The number of amides is 2. The summed E-state index contributed by atoms with van der Waals surface area (Å²) in [5.41, 5.74) is 0.491. The Kier molecular flexibility index (Phi) is 7.69. The number of carbonyl (C=O) groups excluding carboxylic acids is 2. The lowest BCUT2D eigenvalue weighted by molar-refractivity contribution is -0.123. The number of methoxy groups -OCH3 is 1. The molecular weight excluding hydrogens is 447 g/mol. The van der Waals surface area contributed by atoms with Gasteiger partial charge < -0.3 is 24.6 Å². The fourth-order valence-corrected chi connectivity index (χ4v) is 2.84. The molecule has 0 atom stereocenters. The number of hydrogen-bond acceptors (Lipinski definition) is 7. The second-order valence-electron chi connectivity index (χ2n) is 6.12. The van der Waals surface area contributed by atoms with Crippen LogP contribution in [0.4, 0.5) is 0 Å². The normalized spacial score (nSPS) is 10.4. The highest BCUT2D eigenvalue weighted by Gasteiger charge is 2.18. The number of hydrogen-bond donors (Lipinski definition) is 2. The van der Waals surface area contributed by atoms with Crippen LogP contribution in [-0.2, 0) is 4.79 Å².